The van der Waals surface area contributed by atoms with Crippen LogP contribution in [-0.4, -0.2) is 12.4 Å². The minimum absolute atomic E-state index is 0.0196. The fourth-order valence-electron chi connectivity index (χ4n) is 5.39. The summed E-state index contributed by atoms with van der Waals surface area (Å²) in [5, 5.41) is 11.0. The zero-order valence-electron chi connectivity index (χ0n) is 15.1. The Bertz CT molecular complexity index is 890. The van der Waals surface area contributed by atoms with E-state index in [1.165, 1.54) is 11.1 Å². The predicted octanol–water partition coefficient (Wildman–Crippen LogP) is 5.96. The summed E-state index contributed by atoms with van der Waals surface area (Å²) in [4.78, 5) is 12.8. The van der Waals surface area contributed by atoms with Crippen molar-refractivity contribution in [2.24, 2.45) is 11.8 Å². The van der Waals surface area contributed by atoms with Crippen LogP contribution < -0.4 is 0 Å². The number of benzene rings is 2. The molecule has 136 valence electrons. The molecule has 5 heteroatoms. The number of nitriles is 1. The number of rotatable bonds is 2. The number of carbonyl (C=O) groups is 1. The van der Waals surface area contributed by atoms with Crippen LogP contribution in [0.3, 0.4) is 0 Å². The van der Waals surface area contributed by atoms with Gasteiger partial charge < -0.3 is 4.79 Å². The maximum atomic E-state index is 12.8. The van der Waals surface area contributed by atoms with Gasteiger partial charge in [-0.1, -0.05) is 54.4 Å². The van der Waals surface area contributed by atoms with Crippen molar-refractivity contribution in [2.75, 3.05) is 0 Å². The normalized spacial score (nSPS) is 30.1. The highest BCUT2D eigenvalue weighted by Crippen LogP contribution is 2.57. The fourth-order valence-corrected chi connectivity index (χ4v) is 5.64. The molecular formula is C22H20BCl2NO. The van der Waals surface area contributed by atoms with E-state index in [-0.39, 0.29) is 29.3 Å². The first kappa shape index (κ1) is 18.6. The highest BCUT2D eigenvalue weighted by Gasteiger charge is 2.56. The molecular weight excluding hydrogens is 376 g/mol. The standard InChI is InChI=1S/C22H20BCl2NO/c1-13-20-19(22(27)23(13)12-26)11-10-18(14-2-6-16(24)7-3-14)21(20)15-4-8-17(25)9-5-15/h2-9,13,18-21H,10-11H2,1H3. The minimum atomic E-state index is -0.487. The average molecular weight is 396 g/mol. The van der Waals surface area contributed by atoms with Crippen LogP contribution in [-0.2, 0) is 4.79 Å². The predicted molar refractivity (Wildman–Crippen MR) is 110 cm³/mol. The number of carbonyl (C=O) groups excluding carboxylic acids is 1. The zero-order valence-corrected chi connectivity index (χ0v) is 16.6. The van der Waals surface area contributed by atoms with Gasteiger partial charge in [0.1, 0.15) is 5.68 Å². The summed E-state index contributed by atoms with van der Waals surface area (Å²) in [6.45, 7) is 1.59. The smallest absolute Gasteiger partial charge is 0.309 e. The lowest BCUT2D eigenvalue weighted by atomic mass is 9.42. The Morgan fingerprint density at radius 3 is 2.00 bits per heavy atom. The molecule has 4 rings (SSSR count). The van der Waals surface area contributed by atoms with Crippen molar-refractivity contribution in [3.8, 4) is 5.97 Å². The molecule has 2 aliphatic rings. The lowest BCUT2D eigenvalue weighted by Crippen LogP contribution is -2.32. The Kier molecular flexibility index (Phi) is 5.06. The molecule has 1 aliphatic carbocycles. The summed E-state index contributed by atoms with van der Waals surface area (Å²) in [7, 11) is 0. The van der Waals surface area contributed by atoms with Gasteiger partial charge in [-0.3, -0.25) is 0 Å². The molecule has 1 aliphatic heterocycles. The number of fused-ring (bicyclic) bond motifs is 1. The van der Waals surface area contributed by atoms with Gasteiger partial charge in [-0.05, 0) is 71.8 Å². The summed E-state index contributed by atoms with van der Waals surface area (Å²) < 4.78 is 0. The lowest BCUT2D eigenvalue weighted by Gasteiger charge is -2.42. The van der Waals surface area contributed by atoms with E-state index in [0.29, 0.717) is 10.9 Å². The Morgan fingerprint density at radius 1 is 0.926 bits per heavy atom. The van der Waals surface area contributed by atoms with Crippen LogP contribution in [0.15, 0.2) is 48.5 Å². The third-order valence-corrected chi connectivity index (χ3v) is 7.10. The molecule has 2 fully saturated rings. The van der Waals surface area contributed by atoms with E-state index in [9.17, 15) is 10.1 Å². The molecule has 2 aromatic carbocycles. The second-order valence-electron chi connectivity index (χ2n) is 7.86. The first-order valence-electron chi connectivity index (χ1n) is 9.45. The van der Waals surface area contributed by atoms with Gasteiger partial charge in [-0.25, -0.2) is 5.26 Å². The van der Waals surface area contributed by atoms with Crippen LogP contribution in [0.4, 0.5) is 0 Å². The molecule has 5 atom stereocenters. The van der Waals surface area contributed by atoms with Crippen LogP contribution in [0.1, 0.15) is 42.7 Å². The Balaban J connectivity index is 1.81. The summed E-state index contributed by atoms with van der Waals surface area (Å²) >= 11 is 12.2. The topological polar surface area (TPSA) is 40.9 Å². The van der Waals surface area contributed by atoms with Crippen LogP contribution in [0, 0.1) is 23.1 Å². The lowest BCUT2D eigenvalue weighted by molar-refractivity contribution is -0.117. The molecule has 0 aromatic heterocycles. The monoisotopic (exact) mass is 395 g/mol. The van der Waals surface area contributed by atoms with Crippen LogP contribution in [0.25, 0.3) is 0 Å². The van der Waals surface area contributed by atoms with Gasteiger partial charge in [0, 0.05) is 21.9 Å². The van der Waals surface area contributed by atoms with E-state index in [0.717, 1.165) is 17.9 Å². The molecule has 0 spiro atoms. The largest absolute Gasteiger partial charge is 0.347 e. The van der Waals surface area contributed by atoms with Crippen LogP contribution >= 0.6 is 23.2 Å². The molecule has 2 nitrogen and oxygen atoms in total. The van der Waals surface area contributed by atoms with Gasteiger partial charge in [0.05, 0.1) is 0 Å². The van der Waals surface area contributed by atoms with E-state index >= 15 is 0 Å². The molecule has 0 N–H and O–H groups in total. The van der Waals surface area contributed by atoms with E-state index < -0.39 is 6.71 Å². The van der Waals surface area contributed by atoms with E-state index in [2.05, 4.69) is 37.2 Å². The number of hydrogen-bond acceptors (Lipinski definition) is 2. The zero-order chi connectivity index (χ0) is 19.1. The van der Waals surface area contributed by atoms with Crippen molar-refractivity contribution >= 4 is 35.6 Å². The van der Waals surface area contributed by atoms with Crippen LogP contribution in [0.5, 0.6) is 0 Å². The molecule has 1 heterocycles. The van der Waals surface area contributed by atoms with Gasteiger partial charge in [-0.15, -0.1) is 0 Å². The van der Waals surface area contributed by atoms with E-state index in [4.69, 9.17) is 23.2 Å². The second kappa shape index (κ2) is 7.34. The number of nitrogens with zero attached hydrogens (tertiary/aromatic N) is 1. The Labute approximate surface area is 170 Å². The van der Waals surface area contributed by atoms with Crippen molar-refractivity contribution in [1.29, 1.82) is 5.26 Å². The van der Waals surface area contributed by atoms with Crippen molar-refractivity contribution in [3.05, 3.63) is 69.7 Å². The SMILES string of the molecule is CC1B(C#N)C(=O)C2CCC(c3ccc(Cl)cc3)C(c3ccc(Cl)cc3)C12. The summed E-state index contributed by atoms with van der Waals surface area (Å²) in [6.07, 6.45) is 1.79. The molecule has 1 saturated carbocycles. The second-order valence-corrected chi connectivity index (χ2v) is 8.74. The summed E-state index contributed by atoms with van der Waals surface area (Å²) in [5.74, 6) is 2.99. The maximum absolute atomic E-state index is 12.8. The van der Waals surface area contributed by atoms with E-state index in [1.54, 1.807) is 0 Å². The molecule has 2 aromatic rings. The number of halogens is 2. The highest BCUT2D eigenvalue weighted by atomic mass is 35.5. The van der Waals surface area contributed by atoms with E-state index in [1.807, 2.05) is 24.3 Å². The van der Waals surface area contributed by atoms with Gasteiger partial charge in [-0.2, -0.15) is 0 Å². The van der Waals surface area contributed by atoms with Gasteiger partial charge in [0.15, 0.2) is 0 Å². The first-order chi connectivity index (χ1) is 13.0. The average Bonchev–Trinajstić information content (AvgIpc) is 2.92. The van der Waals surface area contributed by atoms with Crippen LogP contribution in [0.2, 0.25) is 15.9 Å². The molecule has 1 saturated heterocycles. The van der Waals surface area contributed by atoms with Crippen molar-refractivity contribution in [3.63, 3.8) is 0 Å². The van der Waals surface area contributed by atoms with Crippen molar-refractivity contribution in [2.45, 2.75) is 37.4 Å². The van der Waals surface area contributed by atoms with Crippen molar-refractivity contribution in [1.82, 2.24) is 0 Å². The quantitative estimate of drug-likeness (QED) is 0.588. The highest BCUT2D eigenvalue weighted by molar-refractivity contribution is 6.97. The number of hydrogen-bond donors (Lipinski definition) is 0. The molecule has 27 heavy (non-hydrogen) atoms. The molecule has 5 unspecified atom stereocenters. The van der Waals surface area contributed by atoms with Gasteiger partial charge in [0.25, 0.3) is 0 Å². The summed E-state index contributed by atoms with van der Waals surface area (Å²) in [5.41, 5.74) is 2.59. The van der Waals surface area contributed by atoms with Crippen molar-refractivity contribution < 1.29 is 4.79 Å². The Morgan fingerprint density at radius 2 is 1.44 bits per heavy atom. The maximum Gasteiger partial charge on any atom is 0.347 e. The fraction of sp³-hybridized carbons (Fsp3) is 0.364. The summed E-state index contributed by atoms with van der Waals surface area (Å²) in [6, 6.07) is 16.1. The molecule has 0 bridgehead atoms. The molecule has 0 amide bonds. The molecule has 0 radical (unpaired) electrons. The van der Waals surface area contributed by atoms with Gasteiger partial charge in [0.2, 0.25) is 0 Å². The first-order valence-corrected chi connectivity index (χ1v) is 10.2. The third-order valence-electron chi connectivity index (χ3n) is 6.60. The Hall–Kier alpha value is -1.76. The van der Waals surface area contributed by atoms with Gasteiger partial charge >= 0.3 is 6.71 Å². The minimum Gasteiger partial charge on any atom is -0.309 e. The third kappa shape index (κ3) is 3.20.